The van der Waals surface area contributed by atoms with E-state index in [9.17, 15) is 0 Å². The first-order valence-corrected chi connectivity index (χ1v) is 8.79. The summed E-state index contributed by atoms with van der Waals surface area (Å²) in [6, 6.07) is 2.19. The first-order chi connectivity index (χ1) is 9.16. The average Bonchev–Trinajstić information content (AvgIpc) is 2.39. The number of anilines is 1. The fourth-order valence-corrected chi connectivity index (χ4v) is 3.44. The lowest BCUT2D eigenvalue weighted by Gasteiger charge is -2.29. The third-order valence-electron chi connectivity index (χ3n) is 3.09. The van der Waals surface area contributed by atoms with Crippen LogP contribution >= 0.6 is 27.7 Å². The van der Waals surface area contributed by atoms with Crippen molar-refractivity contribution in [2.24, 2.45) is 5.92 Å². The van der Waals surface area contributed by atoms with Gasteiger partial charge in [-0.15, -0.1) is 0 Å². The second-order valence-electron chi connectivity index (χ2n) is 5.26. The van der Waals surface area contributed by atoms with Crippen molar-refractivity contribution in [2.75, 3.05) is 36.0 Å². The van der Waals surface area contributed by atoms with E-state index >= 15 is 0 Å². The zero-order valence-electron chi connectivity index (χ0n) is 11.7. The molecule has 1 saturated heterocycles. The predicted octanol–water partition coefficient (Wildman–Crippen LogP) is 3.14. The summed E-state index contributed by atoms with van der Waals surface area (Å²) >= 11 is 5.56. The van der Waals surface area contributed by atoms with Crippen LogP contribution in [-0.2, 0) is 6.54 Å². The van der Waals surface area contributed by atoms with Gasteiger partial charge in [0.15, 0.2) is 0 Å². The van der Waals surface area contributed by atoms with Crippen molar-refractivity contribution in [3.05, 3.63) is 22.3 Å². The summed E-state index contributed by atoms with van der Waals surface area (Å²) in [5.74, 6) is 4.24. The molecule has 0 saturated carbocycles. The van der Waals surface area contributed by atoms with E-state index in [1.165, 1.54) is 17.1 Å². The Morgan fingerprint density at radius 2 is 2.16 bits per heavy atom. The SMILES string of the molecule is CC(C)CNCc1cc(Br)cnc1N1CCSCC1. The normalized spacial score (nSPS) is 16.1. The Balaban J connectivity index is 2.08. The van der Waals surface area contributed by atoms with E-state index in [1.54, 1.807) is 0 Å². The highest BCUT2D eigenvalue weighted by Crippen LogP contribution is 2.24. The van der Waals surface area contributed by atoms with Crippen molar-refractivity contribution in [1.82, 2.24) is 10.3 Å². The Morgan fingerprint density at radius 3 is 2.84 bits per heavy atom. The summed E-state index contributed by atoms with van der Waals surface area (Å²) in [5.41, 5.74) is 1.29. The lowest BCUT2D eigenvalue weighted by molar-refractivity contribution is 0.551. The smallest absolute Gasteiger partial charge is 0.133 e. The largest absolute Gasteiger partial charge is 0.355 e. The van der Waals surface area contributed by atoms with Crippen molar-refractivity contribution < 1.29 is 0 Å². The average molecular weight is 344 g/mol. The molecule has 0 spiro atoms. The zero-order valence-corrected chi connectivity index (χ0v) is 14.1. The number of aromatic nitrogens is 1. The van der Waals surface area contributed by atoms with E-state index in [0.29, 0.717) is 5.92 Å². The molecule has 19 heavy (non-hydrogen) atoms. The van der Waals surface area contributed by atoms with Crippen LogP contribution in [0.25, 0.3) is 0 Å². The van der Waals surface area contributed by atoms with Crippen LogP contribution in [0.5, 0.6) is 0 Å². The number of rotatable bonds is 5. The molecule has 0 bridgehead atoms. The maximum absolute atomic E-state index is 4.63. The van der Waals surface area contributed by atoms with Gasteiger partial charge in [-0.25, -0.2) is 4.98 Å². The lowest BCUT2D eigenvalue weighted by Crippen LogP contribution is -2.34. The van der Waals surface area contributed by atoms with E-state index in [0.717, 1.165) is 36.5 Å². The van der Waals surface area contributed by atoms with Gasteiger partial charge in [0.25, 0.3) is 0 Å². The van der Waals surface area contributed by atoms with E-state index in [2.05, 4.69) is 51.0 Å². The highest BCUT2D eigenvalue weighted by molar-refractivity contribution is 9.10. The Morgan fingerprint density at radius 1 is 1.42 bits per heavy atom. The van der Waals surface area contributed by atoms with Crippen LogP contribution < -0.4 is 10.2 Å². The Kier molecular flexibility index (Phi) is 5.98. The van der Waals surface area contributed by atoms with E-state index in [-0.39, 0.29) is 0 Å². The molecule has 1 aromatic heterocycles. The number of halogens is 1. The molecule has 2 rings (SSSR count). The molecule has 106 valence electrons. The van der Waals surface area contributed by atoms with Crippen LogP contribution in [-0.4, -0.2) is 36.1 Å². The van der Waals surface area contributed by atoms with E-state index in [1.807, 2.05) is 18.0 Å². The number of nitrogens with one attached hydrogen (secondary N) is 1. The van der Waals surface area contributed by atoms with Gasteiger partial charge < -0.3 is 10.2 Å². The minimum absolute atomic E-state index is 0.676. The first-order valence-electron chi connectivity index (χ1n) is 6.84. The summed E-state index contributed by atoms with van der Waals surface area (Å²) in [6.07, 6.45) is 1.91. The number of thioether (sulfide) groups is 1. The molecule has 1 aromatic rings. The van der Waals surface area contributed by atoms with E-state index in [4.69, 9.17) is 0 Å². The minimum atomic E-state index is 0.676. The molecule has 0 atom stereocenters. The molecule has 0 amide bonds. The van der Waals surface area contributed by atoms with Gasteiger partial charge >= 0.3 is 0 Å². The number of hydrogen-bond acceptors (Lipinski definition) is 4. The van der Waals surface area contributed by atoms with Gasteiger partial charge in [-0.1, -0.05) is 13.8 Å². The van der Waals surface area contributed by atoms with Gasteiger partial charge in [0, 0.05) is 47.4 Å². The summed E-state index contributed by atoms with van der Waals surface area (Å²) in [4.78, 5) is 7.04. The second kappa shape index (κ2) is 7.50. The molecule has 2 heterocycles. The van der Waals surface area contributed by atoms with Crippen molar-refractivity contribution in [3.8, 4) is 0 Å². The van der Waals surface area contributed by atoms with E-state index < -0.39 is 0 Å². The van der Waals surface area contributed by atoms with Crippen LogP contribution in [0.3, 0.4) is 0 Å². The van der Waals surface area contributed by atoms with Crippen molar-refractivity contribution >= 4 is 33.5 Å². The third-order valence-corrected chi connectivity index (χ3v) is 4.46. The quantitative estimate of drug-likeness (QED) is 0.888. The van der Waals surface area contributed by atoms with Gasteiger partial charge in [0.2, 0.25) is 0 Å². The summed E-state index contributed by atoms with van der Waals surface area (Å²) in [6.45, 7) is 8.61. The standard InChI is InChI=1S/C14H22BrN3S/c1-11(2)8-16-9-12-7-13(15)10-17-14(12)18-3-5-19-6-4-18/h7,10-11,16H,3-6,8-9H2,1-2H3. The van der Waals surface area contributed by atoms with Gasteiger partial charge in [0.1, 0.15) is 5.82 Å². The lowest BCUT2D eigenvalue weighted by atomic mass is 10.2. The molecule has 0 aromatic carbocycles. The fraction of sp³-hybridized carbons (Fsp3) is 0.643. The molecule has 1 aliphatic heterocycles. The van der Waals surface area contributed by atoms with Crippen molar-refractivity contribution in [2.45, 2.75) is 20.4 Å². The maximum atomic E-state index is 4.63. The van der Waals surface area contributed by atoms with Crippen LogP contribution in [0, 0.1) is 5.92 Å². The van der Waals surface area contributed by atoms with Gasteiger partial charge in [0.05, 0.1) is 0 Å². The fourth-order valence-electron chi connectivity index (χ4n) is 2.16. The first kappa shape index (κ1) is 15.1. The molecule has 3 nitrogen and oxygen atoms in total. The van der Waals surface area contributed by atoms with Crippen LogP contribution in [0.15, 0.2) is 16.7 Å². The topological polar surface area (TPSA) is 28.2 Å². The summed E-state index contributed by atoms with van der Waals surface area (Å²) in [7, 11) is 0. The van der Waals surface area contributed by atoms with Crippen LogP contribution in [0.4, 0.5) is 5.82 Å². The van der Waals surface area contributed by atoms with Crippen LogP contribution in [0.2, 0.25) is 0 Å². The van der Waals surface area contributed by atoms with Crippen molar-refractivity contribution in [3.63, 3.8) is 0 Å². The highest BCUT2D eigenvalue weighted by atomic mass is 79.9. The number of nitrogens with zero attached hydrogens (tertiary/aromatic N) is 2. The Hall–Kier alpha value is -0.260. The third kappa shape index (κ3) is 4.65. The Bertz CT molecular complexity index is 406. The summed E-state index contributed by atoms with van der Waals surface area (Å²) in [5, 5.41) is 3.52. The molecule has 1 fully saturated rings. The molecule has 5 heteroatoms. The molecular weight excluding hydrogens is 322 g/mol. The maximum Gasteiger partial charge on any atom is 0.133 e. The second-order valence-corrected chi connectivity index (χ2v) is 7.40. The molecule has 1 aliphatic rings. The molecule has 0 aliphatic carbocycles. The minimum Gasteiger partial charge on any atom is -0.355 e. The van der Waals surface area contributed by atoms with Crippen LogP contribution in [0.1, 0.15) is 19.4 Å². The van der Waals surface area contributed by atoms with Gasteiger partial charge in [-0.05, 0) is 34.5 Å². The highest BCUT2D eigenvalue weighted by Gasteiger charge is 2.16. The predicted molar refractivity (Wildman–Crippen MR) is 88.0 cm³/mol. The molecular formula is C14H22BrN3S. The molecule has 0 radical (unpaired) electrons. The number of hydrogen-bond donors (Lipinski definition) is 1. The van der Waals surface area contributed by atoms with Gasteiger partial charge in [-0.2, -0.15) is 11.8 Å². The summed E-state index contributed by atoms with van der Waals surface area (Å²) < 4.78 is 1.06. The molecule has 0 unspecified atom stereocenters. The zero-order chi connectivity index (χ0) is 13.7. The Labute approximate surface area is 128 Å². The van der Waals surface area contributed by atoms with Crippen molar-refractivity contribution in [1.29, 1.82) is 0 Å². The molecule has 1 N–H and O–H groups in total. The van der Waals surface area contributed by atoms with Gasteiger partial charge in [-0.3, -0.25) is 0 Å². The number of pyridine rings is 1. The monoisotopic (exact) mass is 343 g/mol.